The smallest absolute Gasteiger partial charge is 0.302 e. The standard InChI is InChI=1S/C10H12O3.C7H8O/c1-8(11)13-7-9-3-5-10(12-2)6-4-9;1-8-7-5-3-2-4-6-7/h3-6H,7H2,1-2H3;2-6H,1H3. The largest absolute Gasteiger partial charge is 0.497 e. The maximum absolute atomic E-state index is 10.5. The van der Waals surface area contributed by atoms with Crippen molar-refractivity contribution < 1.29 is 19.0 Å². The molecule has 0 bridgehead atoms. The van der Waals surface area contributed by atoms with Crippen molar-refractivity contribution in [2.75, 3.05) is 14.2 Å². The van der Waals surface area contributed by atoms with Gasteiger partial charge in [0, 0.05) is 6.92 Å². The minimum Gasteiger partial charge on any atom is -0.497 e. The minimum atomic E-state index is -0.268. The Morgan fingerprint density at radius 1 is 0.857 bits per heavy atom. The van der Waals surface area contributed by atoms with Crippen LogP contribution in [0.4, 0.5) is 0 Å². The molecule has 0 saturated heterocycles. The third kappa shape index (κ3) is 7.01. The number of rotatable bonds is 4. The molecule has 112 valence electrons. The molecule has 0 unspecified atom stereocenters. The summed E-state index contributed by atoms with van der Waals surface area (Å²) >= 11 is 0. The predicted octanol–water partition coefficient (Wildman–Crippen LogP) is 3.45. The van der Waals surface area contributed by atoms with E-state index in [9.17, 15) is 4.79 Å². The van der Waals surface area contributed by atoms with E-state index in [-0.39, 0.29) is 5.97 Å². The predicted molar refractivity (Wildman–Crippen MR) is 81.5 cm³/mol. The summed E-state index contributed by atoms with van der Waals surface area (Å²) in [5, 5.41) is 0. The molecule has 21 heavy (non-hydrogen) atoms. The summed E-state index contributed by atoms with van der Waals surface area (Å²) in [5.41, 5.74) is 0.955. The lowest BCUT2D eigenvalue weighted by Crippen LogP contribution is -1.98. The van der Waals surface area contributed by atoms with E-state index < -0.39 is 0 Å². The fourth-order valence-corrected chi connectivity index (χ4v) is 1.46. The van der Waals surface area contributed by atoms with Crippen molar-refractivity contribution in [1.29, 1.82) is 0 Å². The maximum atomic E-state index is 10.5. The first kappa shape index (κ1) is 16.6. The third-order valence-corrected chi connectivity index (χ3v) is 2.58. The Labute approximate surface area is 125 Å². The molecule has 0 amide bonds. The van der Waals surface area contributed by atoms with Gasteiger partial charge < -0.3 is 14.2 Å². The number of carbonyl (C=O) groups is 1. The molecule has 0 heterocycles. The first-order valence-electron chi connectivity index (χ1n) is 6.51. The van der Waals surface area contributed by atoms with Gasteiger partial charge in [-0.2, -0.15) is 0 Å². The highest BCUT2D eigenvalue weighted by atomic mass is 16.5. The van der Waals surface area contributed by atoms with Crippen LogP contribution in [-0.2, 0) is 16.1 Å². The quantitative estimate of drug-likeness (QED) is 0.808. The summed E-state index contributed by atoms with van der Waals surface area (Å²) in [7, 11) is 3.27. The number of ether oxygens (including phenoxy) is 3. The summed E-state index contributed by atoms with van der Waals surface area (Å²) < 4.78 is 14.7. The van der Waals surface area contributed by atoms with Crippen LogP contribution in [0.15, 0.2) is 54.6 Å². The van der Waals surface area contributed by atoms with Gasteiger partial charge in [0.1, 0.15) is 18.1 Å². The normalized spacial score (nSPS) is 9.10. The van der Waals surface area contributed by atoms with Crippen molar-refractivity contribution in [2.24, 2.45) is 0 Å². The Morgan fingerprint density at radius 2 is 1.38 bits per heavy atom. The monoisotopic (exact) mass is 288 g/mol. The van der Waals surface area contributed by atoms with Gasteiger partial charge in [0.2, 0.25) is 0 Å². The van der Waals surface area contributed by atoms with E-state index in [1.807, 2.05) is 54.6 Å². The summed E-state index contributed by atoms with van der Waals surface area (Å²) in [5.74, 6) is 1.44. The number of para-hydroxylation sites is 1. The SMILES string of the molecule is COc1ccc(COC(C)=O)cc1.COc1ccccc1. The molecule has 4 nitrogen and oxygen atoms in total. The zero-order valence-electron chi connectivity index (χ0n) is 12.5. The number of benzene rings is 2. The molecule has 0 fully saturated rings. The molecule has 0 aromatic heterocycles. The number of methoxy groups -OCH3 is 2. The van der Waals surface area contributed by atoms with Crippen molar-refractivity contribution >= 4 is 5.97 Å². The summed E-state index contributed by atoms with van der Waals surface area (Å²) in [6.45, 7) is 1.71. The number of esters is 1. The molecule has 2 aromatic rings. The molecule has 0 atom stereocenters. The van der Waals surface area contributed by atoms with E-state index in [0.29, 0.717) is 6.61 Å². The van der Waals surface area contributed by atoms with Gasteiger partial charge in [-0.15, -0.1) is 0 Å². The van der Waals surface area contributed by atoms with Crippen LogP contribution in [0, 0.1) is 0 Å². The summed E-state index contributed by atoms with van der Waals surface area (Å²) in [6, 6.07) is 17.1. The van der Waals surface area contributed by atoms with Crippen LogP contribution in [0.3, 0.4) is 0 Å². The van der Waals surface area contributed by atoms with E-state index in [1.165, 1.54) is 6.92 Å². The molecule has 0 N–H and O–H groups in total. The Hall–Kier alpha value is -2.49. The van der Waals surface area contributed by atoms with Gasteiger partial charge in [-0.25, -0.2) is 0 Å². The van der Waals surface area contributed by atoms with Crippen LogP contribution in [0.25, 0.3) is 0 Å². The fraction of sp³-hybridized carbons (Fsp3) is 0.235. The molecular formula is C17H20O4. The van der Waals surface area contributed by atoms with E-state index in [1.54, 1.807) is 14.2 Å². The first-order valence-corrected chi connectivity index (χ1v) is 6.51. The Bertz CT molecular complexity index is 520. The number of carbonyl (C=O) groups excluding carboxylic acids is 1. The molecule has 0 aliphatic heterocycles. The average molecular weight is 288 g/mol. The molecule has 0 saturated carbocycles. The molecule has 4 heteroatoms. The van der Waals surface area contributed by atoms with Crippen LogP contribution < -0.4 is 9.47 Å². The maximum Gasteiger partial charge on any atom is 0.302 e. The van der Waals surface area contributed by atoms with E-state index in [2.05, 4.69) is 0 Å². The topological polar surface area (TPSA) is 44.8 Å². The second kappa shape index (κ2) is 9.42. The molecular weight excluding hydrogens is 268 g/mol. The highest BCUT2D eigenvalue weighted by Crippen LogP contribution is 2.11. The van der Waals surface area contributed by atoms with Crippen molar-refractivity contribution in [2.45, 2.75) is 13.5 Å². The van der Waals surface area contributed by atoms with Crippen molar-refractivity contribution in [3.05, 3.63) is 60.2 Å². The zero-order valence-corrected chi connectivity index (χ0v) is 12.5. The summed E-state index contributed by atoms with van der Waals surface area (Å²) in [4.78, 5) is 10.5. The van der Waals surface area contributed by atoms with Crippen LogP contribution in [0.1, 0.15) is 12.5 Å². The van der Waals surface area contributed by atoms with Crippen LogP contribution >= 0.6 is 0 Å². The van der Waals surface area contributed by atoms with Gasteiger partial charge in [0.15, 0.2) is 0 Å². The second-order valence-corrected chi connectivity index (χ2v) is 4.15. The molecule has 2 aromatic carbocycles. The minimum absolute atomic E-state index is 0.268. The van der Waals surface area contributed by atoms with E-state index in [0.717, 1.165) is 17.1 Å². The van der Waals surface area contributed by atoms with Crippen molar-refractivity contribution in [1.82, 2.24) is 0 Å². The van der Waals surface area contributed by atoms with Gasteiger partial charge in [-0.3, -0.25) is 4.79 Å². The third-order valence-electron chi connectivity index (χ3n) is 2.58. The van der Waals surface area contributed by atoms with Gasteiger partial charge in [-0.05, 0) is 29.8 Å². The second-order valence-electron chi connectivity index (χ2n) is 4.15. The molecule has 2 rings (SSSR count). The lowest BCUT2D eigenvalue weighted by molar-refractivity contribution is -0.142. The van der Waals surface area contributed by atoms with E-state index >= 15 is 0 Å². The Balaban J connectivity index is 0.000000235. The molecule has 0 spiro atoms. The zero-order chi connectivity index (χ0) is 15.5. The van der Waals surface area contributed by atoms with Crippen LogP contribution in [-0.4, -0.2) is 20.2 Å². The molecule has 0 radical (unpaired) electrons. The van der Waals surface area contributed by atoms with Crippen LogP contribution in [0.2, 0.25) is 0 Å². The van der Waals surface area contributed by atoms with Gasteiger partial charge in [0.05, 0.1) is 14.2 Å². The lowest BCUT2D eigenvalue weighted by atomic mass is 10.2. The van der Waals surface area contributed by atoms with E-state index in [4.69, 9.17) is 14.2 Å². The van der Waals surface area contributed by atoms with Gasteiger partial charge >= 0.3 is 5.97 Å². The number of hydrogen-bond donors (Lipinski definition) is 0. The van der Waals surface area contributed by atoms with Gasteiger partial charge in [-0.1, -0.05) is 30.3 Å². The highest BCUT2D eigenvalue weighted by molar-refractivity contribution is 5.65. The Morgan fingerprint density at radius 3 is 1.81 bits per heavy atom. The summed E-state index contributed by atoms with van der Waals surface area (Å²) in [6.07, 6.45) is 0. The van der Waals surface area contributed by atoms with Gasteiger partial charge in [0.25, 0.3) is 0 Å². The number of hydrogen-bond acceptors (Lipinski definition) is 4. The van der Waals surface area contributed by atoms with Crippen molar-refractivity contribution in [3.8, 4) is 11.5 Å². The highest BCUT2D eigenvalue weighted by Gasteiger charge is 1.96. The fourth-order valence-electron chi connectivity index (χ4n) is 1.46. The van der Waals surface area contributed by atoms with Crippen LogP contribution in [0.5, 0.6) is 11.5 Å². The first-order chi connectivity index (χ1) is 10.2. The molecule has 0 aliphatic carbocycles. The Kier molecular flexibility index (Phi) is 7.43. The van der Waals surface area contributed by atoms with Crippen molar-refractivity contribution in [3.63, 3.8) is 0 Å². The molecule has 0 aliphatic rings. The average Bonchev–Trinajstić information content (AvgIpc) is 2.54. The lowest BCUT2D eigenvalue weighted by Gasteiger charge is -2.03.